The summed E-state index contributed by atoms with van der Waals surface area (Å²) in [6.45, 7) is 5.68. The van der Waals surface area contributed by atoms with Crippen LogP contribution in [-0.2, 0) is 11.3 Å². The minimum atomic E-state index is -0.241. The van der Waals surface area contributed by atoms with Crippen molar-refractivity contribution in [2.75, 3.05) is 11.4 Å². The molecule has 2 fully saturated rings. The summed E-state index contributed by atoms with van der Waals surface area (Å²) in [4.78, 5) is 11.8. The fourth-order valence-corrected chi connectivity index (χ4v) is 6.47. The molecule has 1 aliphatic carbocycles. The number of anilines is 1. The van der Waals surface area contributed by atoms with Crippen LogP contribution in [0.5, 0.6) is 0 Å². The molecule has 1 unspecified atom stereocenters. The number of fused-ring (bicyclic) bond motifs is 1. The second kappa shape index (κ2) is 11.1. The lowest BCUT2D eigenvalue weighted by Gasteiger charge is -2.38. The molecule has 2 aromatic carbocycles. The third kappa shape index (κ3) is 5.87. The molecule has 8 heteroatoms. The number of nitrogens with two attached hydrogens (primary N) is 1. The number of imidazole rings is 1. The van der Waals surface area contributed by atoms with Gasteiger partial charge in [0.25, 0.3) is 0 Å². The van der Waals surface area contributed by atoms with E-state index in [4.69, 9.17) is 27.1 Å². The van der Waals surface area contributed by atoms with Crippen LogP contribution in [0.3, 0.4) is 0 Å². The van der Waals surface area contributed by atoms with Gasteiger partial charge in [0.1, 0.15) is 11.6 Å². The van der Waals surface area contributed by atoms with Gasteiger partial charge >= 0.3 is 0 Å². The van der Waals surface area contributed by atoms with E-state index in [0.29, 0.717) is 17.6 Å². The van der Waals surface area contributed by atoms with Gasteiger partial charge in [0.05, 0.1) is 34.1 Å². The summed E-state index contributed by atoms with van der Waals surface area (Å²) in [6, 6.07) is 15.6. The second-order valence-electron chi connectivity index (χ2n) is 12.0. The van der Waals surface area contributed by atoms with Crippen LogP contribution in [0.2, 0.25) is 5.02 Å². The highest BCUT2D eigenvalue weighted by molar-refractivity contribution is 6.33. The summed E-state index contributed by atoms with van der Waals surface area (Å²) < 4.78 is 22.2. The highest BCUT2D eigenvalue weighted by atomic mass is 35.5. The van der Waals surface area contributed by atoms with Crippen molar-refractivity contribution in [2.24, 2.45) is 5.73 Å². The lowest BCUT2D eigenvalue weighted by molar-refractivity contribution is -0.0125. The molecule has 6 nitrogen and oxygen atoms in total. The Morgan fingerprint density at radius 1 is 1.07 bits per heavy atom. The number of pyridine rings is 1. The SMILES string of the molecule is CC1(C)CCC(CN(c2cc(-c3ccc4ncn(Cc5cccc(F)c5)c4c3)c(Cl)cn2)C2CCC(N)CC2)O1. The standard InChI is InChI=1S/C32H37ClFN5O/c1-32(2)13-12-26(40-32)19-39(25-9-7-24(35)8-10-25)31-16-27(28(33)17-36-31)22-6-11-29-30(15-22)38(20-37-29)18-21-4-3-5-23(34)14-21/h3-6,11,14-17,20,24-26H,7-10,12-13,18-19,35H2,1-2H3. The fraction of sp³-hybridized carbons (Fsp3) is 0.438. The smallest absolute Gasteiger partial charge is 0.129 e. The molecule has 40 heavy (non-hydrogen) atoms. The van der Waals surface area contributed by atoms with Gasteiger partial charge in [-0.2, -0.15) is 0 Å². The molecule has 2 aliphatic rings. The molecular weight excluding hydrogens is 525 g/mol. The van der Waals surface area contributed by atoms with Gasteiger partial charge in [0, 0.05) is 36.9 Å². The minimum absolute atomic E-state index is 0.0896. The molecule has 1 atom stereocenters. The van der Waals surface area contributed by atoms with Crippen molar-refractivity contribution in [1.29, 1.82) is 0 Å². The predicted molar refractivity (Wildman–Crippen MR) is 159 cm³/mol. The van der Waals surface area contributed by atoms with Crippen LogP contribution in [0.25, 0.3) is 22.2 Å². The molecule has 4 aromatic rings. The molecule has 1 saturated carbocycles. The van der Waals surface area contributed by atoms with Gasteiger partial charge in [-0.25, -0.2) is 14.4 Å². The number of hydrogen-bond donors (Lipinski definition) is 1. The molecule has 1 saturated heterocycles. The second-order valence-corrected chi connectivity index (χ2v) is 12.4. The van der Waals surface area contributed by atoms with Gasteiger partial charge < -0.3 is 19.9 Å². The molecule has 0 amide bonds. The summed E-state index contributed by atoms with van der Waals surface area (Å²) in [7, 11) is 0. The molecular formula is C32H37ClFN5O. The van der Waals surface area contributed by atoms with Crippen LogP contribution in [0.4, 0.5) is 10.2 Å². The van der Waals surface area contributed by atoms with E-state index in [1.807, 2.05) is 16.7 Å². The maximum absolute atomic E-state index is 13.8. The number of rotatable bonds is 7. The van der Waals surface area contributed by atoms with E-state index >= 15 is 0 Å². The van der Waals surface area contributed by atoms with Crippen molar-refractivity contribution in [3.05, 3.63) is 77.5 Å². The molecule has 0 radical (unpaired) electrons. The van der Waals surface area contributed by atoms with E-state index in [-0.39, 0.29) is 23.6 Å². The normalized spacial score (nSPS) is 22.6. The number of hydrogen-bond acceptors (Lipinski definition) is 5. The molecule has 2 aromatic heterocycles. The Morgan fingerprint density at radius 3 is 2.65 bits per heavy atom. The zero-order valence-electron chi connectivity index (χ0n) is 23.2. The Morgan fingerprint density at radius 2 is 1.90 bits per heavy atom. The van der Waals surface area contributed by atoms with Crippen LogP contribution in [0.15, 0.2) is 61.1 Å². The number of nitrogens with zero attached hydrogens (tertiary/aromatic N) is 4. The lowest BCUT2D eigenvalue weighted by Crippen LogP contribution is -2.45. The largest absolute Gasteiger partial charge is 0.371 e. The van der Waals surface area contributed by atoms with Crippen LogP contribution >= 0.6 is 11.6 Å². The van der Waals surface area contributed by atoms with Crippen LogP contribution < -0.4 is 10.6 Å². The maximum Gasteiger partial charge on any atom is 0.129 e. The van der Waals surface area contributed by atoms with E-state index < -0.39 is 0 Å². The molecule has 2 N–H and O–H groups in total. The van der Waals surface area contributed by atoms with Gasteiger partial charge in [0.15, 0.2) is 0 Å². The molecule has 210 valence electrons. The van der Waals surface area contributed by atoms with E-state index in [1.165, 1.54) is 6.07 Å². The average Bonchev–Trinajstić information content (AvgIpc) is 3.49. The van der Waals surface area contributed by atoms with Gasteiger partial charge in [-0.05, 0) is 93.8 Å². The molecule has 1 aliphatic heterocycles. The summed E-state index contributed by atoms with van der Waals surface area (Å²) in [5.41, 5.74) is 10.8. The predicted octanol–water partition coefficient (Wildman–Crippen LogP) is 6.97. The van der Waals surface area contributed by atoms with Crippen molar-refractivity contribution in [2.45, 2.75) is 82.7 Å². The zero-order chi connectivity index (χ0) is 27.9. The third-order valence-corrected chi connectivity index (χ3v) is 8.75. The van der Waals surface area contributed by atoms with Gasteiger partial charge in [0.2, 0.25) is 0 Å². The van der Waals surface area contributed by atoms with Crippen LogP contribution in [0.1, 0.15) is 57.9 Å². The Kier molecular flexibility index (Phi) is 7.55. The average molecular weight is 562 g/mol. The maximum atomic E-state index is 13.8. The van der Waals surface area contributed by atoms with Crippen LogP contribution in [-0.4, -0.2) is 44.9 Å². The van der Waals surface area contributed by atoms with Crippen molar-refractivity contribution >= 4 is 28.5 Å². The number of aromatic nitrogens is 3. The fourth-order valence-electron chi connectivity index (χ4n) is 6.26. The van der Waals surface area contributed by atoms with E-state index in [0.717, 1.165) is 78.6 Å². The number of ether oxygens (including phenoxy) is 1. The molecule has 0 spiro atoms. The zero-order valence-corrected chi connectivity index (χ0v) is 23.9. The Hall–Kier alpha value is -3.00. The first-order valence-electron chi connectivity index (χ1n) is 14.3. The van der Waals surface area contributed by atoms with Crippen molar-refractivity contribution in [3.63, 3.8) is 0 Å². The highest BCUT2D eigenvalue weighted by Crippen LogP contribution is 2.36. The quantitative estimate of drug-likeness (QED) is 0.264. The molecule has 6 rings (SSSR count). The topological polar surface area (TPSA) is 69.2 Å². The number of halogens is 2. The molecule has 3 heterocycles. The van der Waals surface area contributed by atoms with Crippen molar-refractivity contribution in [3.8, 4) is 11.1 Å². The van der Waals surface area contributed by atoms with E-state index in [1.54, 1.807) is 24.7 Å². The summed E-state index contributed by atoms with van der Waals surface area (Å²) >= 11 is 6.77. The third-order valence-electron chi connectivity index (χ3n) is 8.45. The van der Waals surface area contributed by atoms with Crippen molar-refractivity contribution < 1.29 is 9.13 Å². The minimum Gasteiger partial charge on any atom is -0.371 e. The Bertz CT molecular complexity index is 1500. The van der Waals surface area contributed by atoms with Gasteiger partial charge in [-0.15, -0.1) is 0 Å². The van der Waals surface area contributed by atoms with Crippen LogP contribution in [0, 0.1) is 5.82 Å². The molecule has 0 bridgehead atoms. The summed E-state index contributed by atoms with van der Waals surface area (Å²) in [5, 5.41) is 0.600. The van der Waals surface area contributed by atoms with Gasteiger partial charge in [-0.1, -0.05) is 29.8 Å². The highest BCUT2D eigenvalue weighted by Gasteiger charge is 2.35. The van der Waals surface area contributed by atoms with Crippen molar-refractivity contribution in [1.82, 2.24) is 14.5 Å². The van der Waals surface area contributed by atoms with E-state index in [9.17, 15) is 4.39 Å². The summed E-state index contributed by atoms with van der Waals surface area (Å²) in [5.74, 6) is 0.677. The van der Waals surface area contributed by atoms with E-state index in [2.05, 4.69) is 41.9 Å². The monoisotopic (exact) mass is 561 g/mol. The first-order valence-corrected chi connectivity index (χ1v) is 14.7. The Labute approximate surface area is 240 Å². The first kappa shape index (κ1) is 27.2. The summed E-state index contributed by atoms with van der Waals surface area (Å²) in [6.07, 6.45) is 9.96. The Balaban J connectivity index is 1.33. The number of benzene rings is 2. The van der Waals surface area contributed by atoms with Gasteiger partial charge in [-0.3, -0.25) is 0 Å². The lowest BCUT2D eigenvalue weighted by atomic mass is 9.90. The first-order chi connectivity index (χ1) is 19.2.